The van der Waals surface area contributed by atoms with E-state index in [1.165, 1.54) is 10.9 Å². The van der Waals surface area contributed by atoms with Crippen LogP contribution in [0.5, 0.6) is 0 Å². The number of nitrogens with two attached hydrogens (primary N) is 1. The van der Waals surface area contributed by atoms with Gasteiger partial charge in [0.2, 0.25) is 11.9 Å². The zero-order valence-corrected chi connectivity index (χ0v) is 12.7. The highest BCUT2D eigenvalue weighted by molar-refractivity contribution is 5.79. The molecule has 0 spiro atoms. The summed E-state index contributed by atoms with van der Waals surface area (Å²) in [6, 6.07) is 7.06. The lowest BCUT2D eigenvalue weighted by Gasteiger charge is -2.15. The lowest BCUT2D eigenvalue weighted by molar-refractivity contribution is -0.132. The van der Waals surface area contributed by atoms with E-state index in [4.69, 9.17) is 5.73 Å². The predicted molar refractivity (Wildman–Crippen MR) is 86.7 cm³/mol. The Balaban J connectivity index is 1.57. The van der Waals surface area contributed by atoms with Gasteiger partial charge in [0.25, 0.3) is 5.56 Å². The Morgan fingerprint density at radius 2 is 2.04 bits per heavy atom. The topological polar surface area (TPSA) is 107 Å². The van der Waals surface area contributed by atoms with E-state index in [1.807, 2.05) is 6.07 Å². The van der Waals surface area contributed by atoms with Crippen molar-refractivity contribution >= 4 is 22.8 Å². The number of nitrogen functional groups attached to an aromatic ring is 1. The number of fused-ring (bicyclic) bond motifs is 2. The Kier molecular flexibility index (Phi) is 3.23. The predicted octanol–water partition coefficient (Wildman–Crippen LogP) is 0.311. The van der Waals surface area contributed by atoms with Crippen LogP contribution in [0.15, 0.2) is 41.6 Å². The summed E-state index contributed by atoms with van der Waals surface area (Å²) in [4.78, 5) is 38.9. The smallest absolute Gasteiger partial charge is 0.261 e. The summed E-state index contributed by atoms with van der Waals surface area (Å²) in [5, 5.41) is 0.496. The third-order valence-electron chi connectivity index (χ3n) is 4.06. The first-order valence-electron chi connectivity index (χ1n) is 7.44. The number of aromatic nitrogens is 4. The summed E-state index contributed by atoms with van der Waals surface area (Å²) in [6.45, 7) is 0.731. The van der Waals surface area contributed by atoms with Crippen molar-refractivity contribution in [1.29, 1.82) is 0 Å². The Morgan fingerprint density at radius 3 is 2.92 bits per heavy atom. The number of rotatable bonds is 2. The Hall–Kier alpha value is -3.29. The van der Waals surface area contributed by atoms with Gasteiger partial charge in [0.15, 0.2) is 0 Å². The van der Waals surface area contributed by atoms with Gasteiger partial charge in [-0.05, 0) is 12.1 Å². The number of benzene rings is 1. The van der Waals surface area contributed by atoms with Crippen LogP contribution in [-0.4, -0.2) is 30.3 Å². The fraction of sp³-hybridized carbons (Fsp3) is 0.188. The molecule has 0 aliphatic carbocycles. The van der Waals surface area contributed by atoms with Crippen LogP contribution >= 0.6 is 0 Å². The fourth-order valence-electron chi connectivity index (χ4n) is 2.81. The molecule has 0 saturated heterocycles. The minimum atomic E-state index is -0.227. The quantitative estimate of drug-likeness (QED) is 0.728. The molecule has 0 fully saturated rings. The summed E-state index contributed by atoms with van der Waals surface area (Å²) in [6.07, 6.45) is 3.04. The molecule has 0 saturated carbocycles. The molecule has 1 aliphatic heterocycles. The maximum atomic E-state index is 12.5. The standard InChI is InChI=1S/C16H14N6O2/c17-16-18-5-10-6-21(7-13(10)20-16)14(23)8-22-9-19-12-4-2-1-3-11(12)15(22)24/h1-5,9H,6-8H2,(H2,17,18,20). The van der Waals surface area contributed by atoms with E-state index < -0.39 is 0 Å². The molecule has 1 amide bonds. The van der Waals surface area contributed by atoms with Crippen molar-refractivity contribution in [3.8, 4) is 0 Å². The molecular weight excluding hydrogens is 308 g/mol. The van der Waals surface area contributed by atoms with E-state index in [2.05, 4.69) is 15.0 Å². The van der Waals surface area contributed by atoms with Gasteiger partial charge in [-0.1, -0.05) is 12.1 Å². The number of anilines is 1. The summed E-state index contributed by atoms with van der Waals surface area (Å²) in [5.74, 6) is 0.0174. The molecule has 1 aromatic carbocycles. The van der Waals surface area contributed by atoms with E-state index in [0.717, 1.165) is 11.3 Å². The van der Waals surface area contributed by atoms with Crippen LogP contribution in [-0.2, 0) is 24.4 Å². The maximum absolute atomic E-state index is 12.5. The molecule has 3 aromatic rings. The average molecular weight is 322 g/mol. The van der Waals surface area contributed by atoms with Crippen molar-refractivity contribution in [1.82, 2.24) is 24.4 Å². The van der Waals surface area contributed by atoms with Gasteiger partial charge in [-0.15, -0.1) is 0 Å². The number of para-hydroxylation sites is 1. The number of hydrogen-bond acceptors (Lipinski definition) is 6. The van der Waals surface area contributed by atoms with Crippen molar-refractivity contribution in [2.45, 2.75) is 19.6 Å². The molecule has 120 valence electrons. The number of carbonyl (C=O) groups excluding carboxylic acids is 1. The molecule has 0 atom stereocenters. The van der Waals surface area contributed by atoms with Crippen LogP contribution in [0.25, 0.3) is 10.9 Å². The van der Waals surface area contributed by atoms with Gasteiger partial charge < -0.3 is 10.6 Å². The minimum absolute atomic E-state index is 0.0619. The van der Waals surface area contributed by atoms with Crippen LogP contribution in [0.4, 0.5) is 5.95 Å². The Labute approximate surface area is 136 Å². The molecule has 0 unspecified atom stereocenters. The van der Waals surface area contributed by atoms with Gasteiger partial charge in [-0.3, -0.25) is 14.2 Å². The van der Waals surface area contributed by atoms with Crippen LogP contribution in [0.2, 0.25) is 0 Å². The van der Waals surface area contributed by atoms with Crippen molar-refractivity contribution < 1.29 is 4.79 Å². The Bertz CT molecular complexity index is 1010. The zero-order chi connectivity index (χ0) is 16.7. The second-order valence-corrected chi connectivity index (χ2v) is 5.64. The van der Waals surface area contributed by atoms with Crippen molar-refractivity contribution in [3.63, 3.8) is 0 Å². The van der Waals surface area contributed by atoms with Gasteiger partial charge in [-0.2, -0.15) is 0 Å². The monoisotopic (exact) mass is 322 g/mol. The van der Waals surface area contributed by atoms with E-state index in [0.29, 0.717) is 24.0 Å². The van der Waals surface area contributed by atoms with Crippen molar-refractivity contribution in [2.24, 2.45) is 0 Å². The molecule has 4 rings (SSSR count). The van der Waals surface area contributed by atoms with E-state index in [-0.39, 0.29) is 24.0 Å². The van der Waals surface area contributed by atoms with Crippen LogP contribution < -0.4 is 11.3 Å². The first-order chi connectivity index (χ1) is 11.6. The summed E-state index contributed by atoms with van der Waals surface area (Å²) in [5.41, 5.74) is 7.58. The summed E-state index contributed by atoms with van der Waals surface area (Å²) in [7, 11) is 0. The molecule has 24 heavy (non-hydrogen) atoms. The van der Waals surface area contributed by atoms with E-state index in [9.17, 15) is 9.59 Å². The molecule has 3 heterocycles. The number of amides is 1. The maximum Gasteiger partial charge on any atom is 0.261 e. The van der Waals surface area contributed by atoms with Gasteiger partial charge in [-0.25, -0.2) is 15.0 Å². The average Bonchev–Trinajstić information content (AvgIpc) is 3.01. The first kappa shape index (κ1) is 14.3. The van der Waals surface area contributed by atoms with Crippen LogP contribution in [0.1, 0.15) is 11.3 Å². The number of nitrogens with zero attached hydrogens (tertiary/aromatic N) is 5. The molecule has 2 N–H and O–H groups in total. The van der Waals surface area contributed by atoms with Gasteiger partial charge >= 0.3 is 0 Å². The highest BCUT2D eigenvalue weighted by atomic mass is 16.2. The van der Waals surface area contributed by atoms with E-state index >= 15 is 0 Å². The lowest BCUT2D eigenvalue weighted by atomic mass is 10.2. The molecular formula is C16H14N6O2. The largest absolute Gasteiger partial charge is 0.368 e. The Morgan fingerprint density at radius 1 is 1.21 bits per heavy atom. The second kappa shape index (κ2) is 5.41. The summed E-state index contributed by atoms with van der Waals surface area (Å²) < 4.78 is 1.33. The van der Waals surface area contributed by atoms with E-state index in [1.54, 1.807) is 29.3 Å². The normalized spacial score (nSPS) is 13.2. The highest BCUT2D eigenvalue weighted by Crippen LogP contribution is 2.20. The third kappa shape index (κ3) is 2.37. The highest BCUT2D eigenvalue weighted by Gasteiger charge is 2.25. The minimum Gasteiger partial charge on any atom is -0.368 e. The molecule has 0 bridgehead atoms. The number of carbonyl (C=O) groups is 1. The first-order valence-corrected chi connectivity index (χ1v) is 7.44. The fourth-order valence-corrected chi connectivity index (χ4v) is 2.81. The number of hydrogen-bond donors (Lipinski definition) is 1. The van der Waals surface area contributed by atoms with Crippen molar-refractivity contribution in [2.75, 3.05) is 5.73 Å². The van der Waals surface area contributed by atoms with Gasteiger partial charge in [0.1, 0.15) is 6.54 Å². The van der Waals surface area contributed by atoms with Gasteiger partial charge in [0, 0.05) is 18.3 Å². The molecule has 8 nitrogen and oxygen atoms in total. The molecule has 0 radical (unpaired) electrons. The molecule has 8 heteroatoms. The van der Waals surface area contributed by atoms with Crippen LogP contribution in [0.3, 0.4) is 0 Å². The SMILES string of the molecule is Nc1ncc2c(n1)CN(C(=O)Cn1cnc3ccccc3c1=O)C2. The summed E-state index contributed by atoms with van der Waals surface area (Å²) >= 11 is 0. The third-order valence-corrected chi connectivity index (χ3v) is 4.06. The zero-order valence-electron chi connectivity index (χ0n) is 12.7. The van der Waals surface area contributed by atoms with Crippen LogP contribution in [0, 0.1) is 0 Å². The lowest BCUT2D eigenvalue weighted by Crippen LogP contribution is -2.33. The van der Waals surface area contributed by atoms with Gasteiger partial charge in [0.05, 0.1) is 29.5 Å². The second-order valence-electron chi connectivity index (χ2n) is 5.64. The molecule has 2 aromatic heterocycles. The molecule has 1 aliphatic rings. The van der Waals surface area contributed by atoms with Crippen molar-refractivity contribution in [3.05, 3.63) is 58.4 Å².